The minimum absolute atomic E-state index is 0.00978. The number of allylic oxidation sites excluding steroid dienone is 1. The Kier molecular flexibility index (Phi) is 6.23. The third kappa shape index (κ3) is 3.95. The minimum atomic E-state index is -0.385. The number of hydrogen-bond donors (Lipinski definition) is 0. The van der Waals surface area contributed by atoms with E-state index in [0.717, 1.165) is 0 Å². The number of benzene rings is 2. The van der Waals surface area contributed by atoms with Crippen molar-refractivity contribution in [1.82, 2.24) is 0 Å². The number of Topliss-reactive ketones (excluding diaryl/α,β-unsaturated/α-hetero) is 1. The highest BCUT2D eigenvalue weighted by Gasteiger charge is 2.16. The van der Waals surface area contributed by atoms with Crippen LogP contribution in [-0.4, -0.2) is 34.2 Å². The van der Waals surface area contributed by atoms with Crippen molar-refractivity contribution in [2.75, 3.05) is 28.4 Å². The molecule has 0 atom stereocenters. The van der Waals surface area contributed by atoms with Crippen LogP contribution < -0.4 is 18.9 Å². The maximum atomic E-state index is 12.6. The van der Waals surface area contributed by atoms with E-state index in [1.807, 2.05) is 6.07 Å². The molecule has 0 aliphatic heterocycles. The Morgan fingerprint density at radius 1 is 0.923 bits per heavy atom. The summed E-state index contributed by atoms with van der Waals surface area (Å²) in [5.41, 5.74) is 0.966. The molecule has 2 aromatic carbocycles. The highest BCUT2D eigenvalue weighted by atomic mass is 16.5. The molecule has 0 saturated heterocycles. The quantitative estimate of drug-likeness (QED) is 0.431. The first-order chi connectivity index (χ1) is 12.6. The van der Waals surface area contributed by atoms with Crippen LogP contribution in [0, 0.1) is 11.3 Å². The zero-order chi connectivity index (χ0) is 19.1. The fourth-order valence-electron chi connectivity index (χ4n) is 2.40. The van der Waals surface area contributed by atoms with Gasteiger partial charge in [0.25, 0.3) is 0 Å². The zero-order valence-electron chi connectivity index (χ0n) is 15.0. The van der Waals surface area contributed by atoms with E-state index in [-0.39, 0.29) is 11.4 Å². The van der Waals surface area contributed by atoms with Gasteiger partial charge in [0.15, 0.2) is 11.5 Å². The third-order valence-electron chi connectivity index (χ3n) is 3.72. The number of ether oxygens (including phenoxy) is 4. The predicted octanol–water partition coefficient (Wildman–Crippen LogP) is 3.51. The minimum Gasteiger partial charge on any atom is -0.497 e. The molecule has 0 radical (unpaired) electrons. The molecule has 0 N–H and O–H groups in total. The van der Waals surface area contributed by atoms with Gasteiger partial charge in [-0.25, -0.2) is 0 Å². The average molecular weight is 353 g/mol. The summed E-state index contributed by atoms with van der Waals surface area (Å²) in [5.74, 6) is 1.56. The van der Waals surface area contributed by atoms with Crippen molar-refractivity contribution in [3.63, 3.8) is 0 Å². The van der Waals surface area contributed by atoms with Gasteiger partial charge in [-0.05, 0) is 48.0 Å². The smallest absolute Gasteiger partial charge is 0.203 e. The first-order valence-corrected chi connectivity index (χ1v) is 7.68. The summed E-state index contributed by atoms with van der Waals surface area (Å²) in [5, 5.41) is 9.42. The van der Waals surface area contributed by atoms with Crippen molar-refractivity contribution in [2.24, 2.45) is 0 Å². The molecule has 6 nitrogen and oxygen atoms in total. The van der Waals surface area contributed by atoms with Crippen LogP contribution >= 0.6 is 0 Å². The van der Waals surface area contributed by atoms with Crippen molar-refractivity contribution in [3.8, 4) is 29.1 Å². The molecule has 0 heterocycles. The lowest BCUT2D eigenvalue weighted by Gasteiger charge is -2.13. The lowest BCUT2D eigenvalue weighted by atomic mass is 10.0. The Labute approximate surface area is 152 Å². The number of methoxy groups -OCH3 is 4. The van der Waals surface area contributed by atoms with Crippen LogP contribution in [0.15, 0.2) is 42.0 Å². The SMILES string of the molecule is COc1ccc(C(=O)C(C#N)=Cc2cc(OC)c(OC)c(OC)c2)cc1. The Morgan fingerprint density at radius 3 is 1.92 bits per heavy atom. The number of nitriles is 1. The standard InChI is InChI=1S/C20H19NO5/c1-23-16-7-5-14(6-8-16)19(22)15(12-21)9-13-10-17(24-2)20(26-4)18(11-13)25-3/h5-11H,1-4H3. The van der Waals surface area contributed by atoms with Gasteiger partial charge in [0.1, 0.15) is 17.4 Å². The third-order valence-corrected chi connectivity index (χ3v) is 3.72. The first kappa shape index (κ1) is 18.9. The molecule has 0 aromatic heterocycles. The highest BCUT2D eigenvalue weighted by Crippen LogP contribution is 2.38. The molecule has 26 heavy (non-hydrogen) atoms. The molecule has 0 spiro atoms. The Morgan fingerprint density at radius 2 is 1.50 bits per heavy atom. The molecular weight excluding hydrogens is 334 g/mol. The van der Waals surface area contributed by atoms with E-state index < -0.39 is 0 Å². The number of nitrogens with zero attached hydrogens (tertiary/aromatic N) is 1. The van der Waals surface area contributed by atoms with Crippen LogP contribution in [0.5, 0.6) is 23.0 Å². The molecule has 0 amide bonds. The van der Waals surface area contributed by atoms with Crippen molar-refractivity contribution in [2.45, 2.75) is 0 Å². The summed E-state index contributed by atoms with van der Waals surface area (Å²) in [7, 11) is 6.04. The second-order valence-corrected chi connectivity index (χ2v) is 5.19. The van der Waals surface area contributed by atoms with Gasteiger partial charge < -0.3 is 18.9 Å². The summed E-state index contributed by atoms with van der Waals surface area (Å²) in [6.07, 6.45) is 1.48. The van der Waals surface area contributed by atoms with E-state index in [1.54, 1.807) is 43.5 Å². The fourth-order valence-corrected chi connectivity index (χ4v) is 2.40. The number of rotatable bonds is 7. The lowest BCUT2D eigenvalue weighted by molar-refractivity contribution is 0.104. The van der Waals surface area contributed by atoms with Gasteiger partial charge in [0.2, 0.25) is 11.5 Å². The number of hydrogen-bond acceptors (Lipinski definition) is 6. The van der Waals surface area contributed by atoms with E-state index in [0.29, 0.717) is 34.1 Å². The normalized spacial score (nSPS) is 10.7. The first-order valence-electron chi connectivity index (χ1n) is 7.68. The van der Waals surface area contributed by atoms with Gasteiger partial charge in [0.05, 0.1) is 28.4 Å². The maximum Gasteiger partial charge on any atom is 0.203 e. The molecule has 2 rings (SSSR count). The van der Waals surface area contributed by atoms with E-state index >= 15 is 0 Å². The fraction of sp³-hybridized carbons (Fsp3) is 0.200. The molecule has 6 heteroatoms. The van der Waals surface area contributed by atoms with E-state index in [9.17, 15) is 10.1 Å². The molecule has 0 bridgehead atoms. The second kappa shape index (κ2) is 8.58. The van der Waals surface area contributed by atoms with Gasteiger partial charge in [-0.3, -0.25) is 4.79 Å². The molecule has 2 aromatic rings. The van der Waals surface area contributed by atoms with E-state index in [2.05, 4.69) is 0 Å². The average Bonchev–Trinajstić information content (AvgIpc) is 2.70. The van der Waals surface area contributed by atoms with E-state index in [4.69, 9.17) is 18.9 Å². The number of carbonyl (C=O) groups is 1. The maximum absolute atomic E-state index is 12.6. The summed E-state index contributed by atoms with van der Waals surface area (Å²) in [6.45, 7) is 0. The largest absolute Gasteiger partial charge is 0.497 e. The van der Waals surface area contributed by atoms with Gasteiger partial charge in [-0.2, -0.15) is 5.26 Å². The summed E-state index contributed by atoms with van der Waals surface area (Å²) in [6, 6.07) is 11.8. The topological polar surface area (TPSA) is 77.8 Å². The molecule has 0 aliphatic carbocycles. The Balaban J connectivity index is 2.44. The monoisotopic (exact) mass is 353 g/mol. The van der Waals surface area contributed by atoms with Gasteiger partial charge in [-0.1, -0.05) is 0 Å². The Hall–Kier alpha value is -3.46. The lowest BCUT2D eigenvalue weighted by Crippen LogP contribution is -2.02. The van der Waals surface area contributed by atoms with Crippen LogP contribution in [0.3, 0.4) is 0 Å². The van der Waals surface area contributed by atoms with Crippen molar-refractivity contribution >= 4 is 11.9 Å². The van der Waals surface area contributed by atoms with Gasteiger partial charge >= 0.3 is 0 Å². The molecule has 134 valence electrons. The van der Waals surface area contributed by atoms with Crippen molar-refractivity contribution < 1.29 is 23.7 Å². The number of ketones is 1. The van der Waals surface area contributed by atoms with Gasteiger partial charge in [-0.15, -0.1) is 0 Å². The van der Waals surface area contributed by atoms with Gasteiger partial charge in [0, 0.05) is 5.56 Å². The molecule has 0 fully saturated rings. The Bertz CT molecular complexity index is 838. The molecule has 0 saturated carbocycles. The van der Waals surface area contributed by atoms with Crippen LogP contribution in [0.25, 0.3) is 6.08 Å². The van der Waals surface area contributed by atoms with Crippen molar-refractivity contribution in [1.29, 1.82) is 5.26 Å². The zero-order valence-corrected chi connectivity index (χ0v) is 15.0. The van der Waals surface area contributed by atoms with Crippen LogP contribution in [-0.2, 0) is 0 Å². The second-order valence-electron chi connectivity index (χ2n) is 5.19. The summed E-state index contributed by atoms with van der Waals surface area (Å²) in [4.78, 5) is 12.6. The molecule has 0 unspecified atom stereocenters. The van der Waals surface area contributed by atoms with E-state index in [1.165, 1.54) is 27.4 Å². The van der Waals surface area contributed by atoms with Crippen LogP contribution in [0.1, 0.15) is 15.9 Å². The number of carbonyl (C=O) groups excluding carboxylic acids is 1. The summed E-state index contributed by atoms with van der Waals surface area (Å²) >= 11 is 0. The van der Waals surface area contributed by atoms with Crippen molar-refractivity contribution in [3.05, 3.63) is 53.1 Å². The summed E-state index contributed by atoms with van der Waals surface area (Å²) < 4.78 is 20.9. The van der Waals surface area contributed by atoms with Crippen LogP contribution in [0.2, 0.25) is 0 Å². The predicted molar refractivity (Wildman–Crippen MR) is 97.0 cm³/mol. The van der Waals surface area contributed by atoms with Crippen LogP contribution in [0.4, 0.5) is 0 Å². The highest BCUT2D eigenvalue weighted by molar-refractivity contribution is 6.14. The molecule has 0 aliphatic rings. The molecular formula is C20H19NO5.